The second kappa shape index (κ2) is 7.47. The maximum Gasteiger partial charge on any atom is 0.227 e. The van der Waals surface area contributed by atoms with Gasteiger partial charge in [0, 0.05) is 34.4 Å². The van der Waals surface area contributed by atoms with Crippen molar-refractivity contribution in [3.05, 3.63) is 64.9 Å². The van der Waals surface area contributed by atoms with Gasteiger partial charge >= 0.3 is 0 Å². The lowest BCUT2D eigenvalue weighted by Gasteiger charge is -2.21. The lowest BCUT2D eigenvalue weighted by Crippen LogP contribution is -2.27. The number of pyridine rings is 1. The molecule has 1 aromatic carbocycles. The summed E-state index contributed by atoms with van der Waals surface area (Å²) in [5, 5.41) is 4.09. The van der Waals surface area contributed by atoms with Gasteiger partial charge in [0.05, 0.1) is 5.69 Å². The molecule has 0 spiro atoms. The third-order valence-electron chi connectivity index (χ3n) is 5.24. The number of carbonyl (C=O) groups excluding carboxylic acids is 1. The molecule has 3 aromatic rings. The summed E-state index contributed by atoms with van der Waals surface area (Å²) < 4.78 is 0. The highest BCUT2D eigenvalue weighted by Crippen LogP contribution is 2.35. The number of rotatable bonds is 3. The number of anilines is 1. The van der Waals surface area contributed by atoms with Crippen LogP contribution in [0.15, 0.2) is 48.8 Å². The molecule has 1 aliphatic rings. The molecule has 144 valence electrons. The van der Waals surface area contributed by atoms with Crippen molar-refractivity contribution in [3.8, 4) is 10.6 Å². The van der Waals surface area contributed by atoms with Gasteiger partial charge < -0.3 is 5.32 Å². The molecule has 2 aromatic heterocycles. The summed E-state index contributed by atoms with van der Waals surface area (Å²) >= 11 is 1.69. The number of fused-ring (bicyclic) bond motifs is 1. The fourth-order valence-corrected chi connectivity index (χ4v) is 4.69. The largest absolute Gasteiger partial charge is 0.326 e. The molecular formula is C23H25N3OS. The van der Waals surface area contributed by atoms with Gasteiger partial charge in [-0.25, -0.2) is 4.98 Å². The van der Waals surface area contributed by atoms with Crippen LogP contribution >= 0.6 is 11.3 Å². The van der Waals surface area contributed by atoms with Crippen LogP contribution in [0.3, 0.4) is 0 Å². The highest BCUT2D eigenvalue weighted by molar-refractivity contribution is 7.15. The van der Waals surface area contributed by atoms with Gasteiger partial charge in [-0.05, 0) is 54.5 Å². The number of nitrogens with zero attached hydrogens (tertiary/aromatic N) is 2. The van der Waals surface area contributed by atoms with E-state index in [9.17, 15) is 4.79 Å². The Labute approximate surface area is 170 Å². The number of aryl methyl sites for hydroxylation is 1. The van der Waals surface area contributed by atoms with E-state index in [1.165, 1.54) is 10.4 Å². The fraction of sp³-hybridized carbons (Fsp3) is 0.348. The van der Waals surface area contributed by atoms with Gasteiger partial charge in [0.1, 0.15) is 5.01 Å². The van der Waals surface area contributed by atoms with Gasteiger partial charge in [0.25, 0.3) is 0 Å². The summed E-state index contributed by atoms with van der Waals surface area (Å²) in [6, 6.07) is 12.1. The number of carbonyl (C=O) groups is 1. The monoisotopic (exact) mass is 391 g/mol. The number of amides is 1. The zero-order valence-electron chi connectivity index (χ0n) is 16.5. The maximum absolute atomic E-state index is 12.8. The number of hydrogen-bond acceptors (Lipinski definition) is 4. The Morgan fingerprint density at radius 1 is 1.18 bits per heavy atom. The standard InChI is InChI=1S/C23H25N3OS/c1-23(2,3)17-7-9-18(10-8-17)25-21(27)15-6-11-19-20(13-15)28-22(26-19)16-5-4-12-24-14-16/h4-5,7-10,12,14-15H,6,11,13H2,1-3H3,(H,25,27). The van der Waals surface area contributed by atoms with Crippen molar-refractivity contribution in [2.24, 2.45) is 5.92 Å². The molecule has 28 heavy (non-hydrogen) atoms. The van der Waals surface area contributed by atoms with Crippen molar-refractivity contribution in [2.75, 3.05) is 5.32 Å². The maximum atomic E-state index is 12.8. The lowest BCUT2D eigenvalue weighted by atomic mass is 9.87. The molecule has 5 heteroatoms. The molecule has 4 nitrogen and oxygen atoms in total. The van der Waals surface area contributed by atoms with Crippen LogP contribution in [0.25, 0.3) is 10.6 Å². The van der Waals surface area contributed by atoms with Crippen molar-refractivity contribution in [2.45, 2.75) is 45.4 Å². The number of hydrogen-bond donors (Lipinski definition) is 1. The average molecular weight is 392 g/mol. The van der Waals surface area contributed by atoms with Crippen LogP contribution in [-0.4, -0.2) is 15.9 Å². The molecule has 1 N–H and O–H groups in total. The van der Waals surface area contributed by atoms with Crippen molar-refractivity contribution >= 4 is 22.9 Å². The second-order valence-electron chi connectivity index (χ2n) is 8.39. The molecule has 0 saturated carbocycles. The molecule has 4 rings (SSSR count). The second-order valence-corrected chi connectivity index (χ2v) is 9.47. The van der Waals surface area contributed by atoms with Gasteiger partial charge in [-0.2, -0.15) is 0 Å². The Morgan fingerprint density at radius 3 is 2.64 bits per heavy atom. The summed E-state index contributed by atoms with van der Waals surface area (Å²) in [6.07, 6.45) is 6.07. The number of thiazole rings is 1. The van der Waals surface area contributed by atoms with Crippen LogP contribution < -0.4 is 5.32 Å². The van der Waals surface area contributed by atoms with Crippen LogP contribution in [-0.2, 0) is 23.1 Å². The van der Waals surface area contributed by atoms with Crippen molar-refractivity contribution in [1.82, 2.24) is 9.97 Å². The van der Waals surface area contributed by atoms with Crippen LogP contribution in [0.4, 0.5) is 5.69 Å². The molecule has 1 atom stereocenters. The van der Waals surface area contributed by atoms with Gasteiger partial charge in [-0.15, -0.1) is 11.3 Å². The Morgan fingerprint density at radius 2 is 1.96 bits per heavy atom. The average Bonchev–Trinajstić information content (AvgIpc) is 3.12. The first-order valence-corrected chi connectivity index (χ1v) is 10.5. The summed E-state index contributed by atoms with van der Waals surface area (Å²) in [6.45, 7) is 6.57. The molecule has 0 fully saturated rings. The third kappa shape index (κ3) is 3.99. The summed E-state index contributed by atoms with van der Waals surface area (Å²) in [5.74, 6) is 0.0995. The summed E-state index contributed by atoms with van der Waals surface area (Å²) in [5.41, 5.74) is 4.43. The molecule has 0 saturated heterocycles. The van der Waals surface area contributed by atoms with E-state index in [1.54, 1.807) is 17.5 Å². The third-order valence-corrected chi connectivity index (χ3v) is 6.41. The quantitative estimate of drug-likeness (QED) is 0.664. The molecular weight excluding hydrogens is 366 g/mol. The van der Waals surface area contributed by atoms with Gasteiger partial charge in [0.15, 0.2) is 0 Å². The molecule has 0 radical (unpaired) electrons. The van der Waals surface area contributed by atoms with E-state index in [4.69, 9.17) is 4.98 Å². The van der Waals surface area contributed by atoms with E-state index in [0.717, 1.165) is 41.2 Å². The number of nitrogens with one attached hydrogen (secondary N) is 1. The molecule has 2 heterocycles. The Hall–Kier alpha value is -2.53. The molecule has 1 aliphatic carbocycles. The van der Waals surface area contributed by atoms with Crippen LogP contribution in [0.2, 0.25) is 0 Å². The zero-order chi connectivity index (χ0) is 19.7. The highest BCUT2D eigenvalue weighted by atomic mass is 32.1. The summed E-state index contributed by atoms with van der Waals surface area (Å²) in [4.78, 5) is 23.0. The van der Waals surface area contributed by atoms with Crippen molar-refractivity contribution in [1.29, 1.82) is 0 Å². The Kier molecular flexibility index (Phi) is 5.02. The zero-order valence-corrected chi connectivity index (χ0v) is 17.3. The van der Waals surface area contributed by atoms with Crippen LogP contribution in [0.5, 0.6) is 0 Å². The molecule has 1 unspecified atom stereocenters. The normalized spacial score (nSPS) is 16.5. The lowest BCUT2D eigenvalue weighted by molar-refractivity contribution is -0.120. The van der Waals surface area contributed by atoms with E-state index in [2.05, 4.69) is 43.2 Å². The minimum Gasteiger partial charge on any atom is -0.326 e. The fourth-order valence-electron chi connectivity index (χ4n) is 3.51. The first kappa shape index (κ1) is 18.8. The minimum atomic E-state index is -0.00279. The topological polar surface area (TPSA) is 54.9 Å². The van der Waals surface area contributed by atoms with E-state index in [0.29, 0.717) is 0 Å². The van der Waals surface area contributed by atoms with Gasteiger partial charge in [-0.1, -0.05) is 32.9 Å². The Bertz CT molecular complexity index is 971. The van der Waals surface area contributed by atoms with E-state index >= 15 is 0 Å². The minimum absolute atomic E-state index is 0.00279. The first-order chi connectivity index (χ1) is 13.4. The molecule has 0 aliphatic heterocycles. The molecule has 0 bridgehead atoms. The van der Waals surface area contributed by atoms with Crippen LogP contribution in [0.1, 0.15) is 43.3 Å². The predicted molar refractivity (Wildman–Crippen MR) is 115 cm³/mol. The van der Waals surface area contributed by atoms with Crippen molar-refractivity contribution in [3.63, 3.8) is 0 Å². The summed E-state index contributed by atoms with van der Waals surface area (Å²) in [7, 11) is 0. The van der Waals surface area contributed by atoms with Gasteiger partial charge in [-0.3, -0.25) is 9.78 Å². The predicted octanol–water partition coefficient (Wildman–Crippen LogP) is 5.25. The first-order valence-electron chi connectivity index (χ1n) is 9.70. The smallest absolute Gasteiger partial charge is 0.227 e. The van der Waals surface area contributed by atoms with Crippen LogP contribution in [0, 0.1) is 5.92 Å². The highest BCUT2D eigenvalue weighted by Gasteiger charge is 2.28. The SMILES string of the molecule is CC(C)(C)c1ccc(NC(=O)C2CCc3nc(-c4cccnc4)sc3C2)cc1. The Balaban J connectivity index is 1.44. The number of benzene rings is 1. The molecule has 1 amide bonds. The van der Waals surface area contributed by atoms with Crippen molar-refractivity contribution < 1.29 is 4.79 Å². The van der Waals surface area contributed by atoms with E-state index in [-0.39, 0.29) is 17.2 Å². The van der Waals surface area contributed by atoms with Gasteiger partial charge in [0.2, 0.25) is 5.91 Å². The number of aromatic nitrogens is 2. The van der Waals surface area contributed by atoms with E-state index in [1.807, 2.05) is 30.5 Å². The van der Waals surface area contributed by atoms with E-state index < -0.39 is 0 Å².